The van der Waals surface area contributed by atoms with Crippen molar-refractivity contribution in [1.29, 1.82) is 0 Å². The van der Waals surface area contributed by atoms with Gasteiger partial charge < -0.3 is 4.90 Å². The Bertz CT molecular complexity index is 836. The maximum absolute atomic E-state index is 13.0. The summed E-state index contributed by atoms with van der Waals surface area (Å²) in [5.74, 6) is 0.137. The molecule has 0 bridgehead atoms. The van der Waals surface area contributed by atoms with Crippen LogP contribution < -0.4 is 0 Å². The predicted octanol–water partition coefficient (Wildman–Crippen LogP) is 3.71. The molecule has 2 aliphatic heterocycles. The van der Waals surface area contributed by atoms with Crippen molar-refractivity contribution in [1.82, 2.24) is 14.2 Å². The number of nitrogens with zero attached hydrogens (tertiary/aromatic N) is 3. The highest BCUT2D eigenvalue weighted by atomic mass is 35.5. The average molecular weight is 440 g/mol. The maximum atomic E-state index is 13.0. The first-order valence-corrected chi connectivity index (χ1v) is 12.6. The van der Waals surface area contributed by atoms with Crippen molar-refractivity contribution in [3.63, 3.8) is 0 Å². The van der Waals surface area contributed by atoms with Gasteiger partial charge >= 0.3 is 0 Å². The molecule has 1 spiro atoms. The molecular formula is C21H30ClN3O3S. The fraction of sp³-hybridized carbons (Fsp3) is 0.714. The molecule has 0 radical (unpaired) electrons. The van der Waals surface area contributed by atoms with Crippen molar-refractivity contribution in [3.05, 3.63) is 23.5 Å². The summed E-state index contributed by atoms with van der Waals surface area (Å²) in [6.07, 6.45) is 11.5. The van der Waals surface area contributed by atoms with Crippen LogP contribution in [0, 0.1) is 11.3 Å². The Kier molecular flexibility index (Phi) is 6.19. The van der Waals surface area contributed by atoms with Crippen LogP contribution in [0.15, 0.2) is 23.2 Å². The second kappa shape index (κ2) is 8.52. The molecule has 8 heteroatoms. The van der Waals surface area contributed by atoms with Gasteiger partial charge in [0.25, 0.3) is 0 Å². The smallest absolute Gasteiger partial charge is 0.246 e. The van der Waals surface area contributed by atoms with Crippen LogP contribution in [0.3, 0.4) is 0 Å². The van der Waals surface area contributed by atoms with E-state index in [1.165, 1.54) is 48.7 Å². The lowest BCUT2D eigenvalue weighted by Gasteiger charge is -2.45. The van der Waals surface area contributed by atoms with E-state index in [-0.39, 0.29) is 21.9 Å². The van der Waals surface area contributed by atoms with E-state index >= 15 is 0 Å². The molecule has 4 rings (SSSR count). The summed E-state index contributed by atoms with van der Waals surface area (Å²) in [5.41, 5.74) is 0.482. The summed E-state index contributed by atoms with van der Waals surface area (Å²) in [4.78, 5) is 19.0. The molecule has 3 fully saturated rings. The lowest BCUT2D eigenvalue weighted by Crippen LogP contribution is -2.48. The summed E-state index contributed by atoms with van der Waals surface area (Å²) in [7, 11) is -3.67. The first-order chi connectivity index (χ1) is 13.9. The fourth-order valence-electron chi connectivity index (χ4n) is 5.31. The van der Waals surface area contributed by atoms with Crippen LogP contribution in [0.2, 0.25) is 5.15 Å². The normalized spacial score (nSPS) is 24.0. The highest BCUT2D eigenvalue weighted by Crippen LogP contribution is 2.44. The number of hydrogen-bond donors (Lipinski definition) is 0. The van der Waals surface area contributed by atoms with Crippen LogP contribution in [0.25, 0.3) is 0 Å². The van der Waals surface area contributed by atoms with Crippen molar-refractivity contribution in [2.24, 2.45) is 11.3 Å². The second-order valence-electron chi connectivity index (χ2n) is 8.86. The standard InChI is InChI=1S/C21H30ClN3O3S/c22-19-18(5-4-12-23-19)29(27,28)25-13-6-17(7-14-25)20(26)24-15-10-21(11-16-24)8-2-1-3-9-21/h4-5,12,17H,1-3,6-11,13-16H2. The number of carbonyl (C=O) groups is 1. The van der Waals surface area contributed by atoms with E-state index in [1.807, 2.05) is 4.90 Å². The predicted molar refractivity (Wildman–Crippen MR) is 112 cm³/mol. The van der Waals surface area contributed by atoms with Gasteiger partial charge in [-0.25, -0.2) is 13.4 Å². The van der Waals surface area contributed by atoms with E-state index in [4.69, 9.17) is 11.6 Å². The Morgan fingerprint density at radius 2 is 1.69 bits per heavy atom. The minimum Gasteiger partial charge on any atom is -0.342 e. The molecule has 2 saturated heterocycles. The van der Waals surface area contributed by atoms with Gasteiger partial charge in [0.1, 0.15) is 10.0 Å². The van der Waals surface area contributed by atoms with Gasteiger partial charge in [-0.15, -0.1) is 0 Å². The van der Waals surface area contributed by atoms with Gasteiger partial charge in [-0.3, -0.25) is 4.79 Å². The van der Waals surface area contributed by atoms with E-state index in [0.29, 0.717) is 31.3 Å². The van der Waals surface area contributed by atoms with E-state index in [9.17, 15) is 13.2 Å². The zero-order valence-electron chi connectivity index (χ0n) is 16.9. The lowest BCUT2D eigenvalue weighted by molar-refractivity contribution is -0.139. The SMILES string of the molecule is O=C(C1CCN(S(=O)(=O)c2cccnc2Cl)CC1)N1CCC2(CCCCC2)CC1. The van der Waals surface area contributed by atoms with Crippen LogP contribution in [-0.4, -0.2) is 54.7 Å². The van der Waals surface area contributed by atoms with Crippen LogP contribution >= 0.6 is 11.6 Å². The van der Waals surface area contributed by atoms with Crippen LogP contribution in [0.4, 0.5) is 0 Å². The molecule has 160 valence electrons. The minimum absolute atomic E-state index is 0.00402. The number of likely N-dealkylation sites (tertiary alicyclic amines) is 1. The summed E-state index contributed by atoms with van der Waals surface area (Å²) in [5, 5.41) is -0.00402. The first-order valence-electron chi connectivity index (χ1n) is 10.8. The molecule has 1 aromatic rings. The topological polar surface area (TPSA) is 70.6 Å². The van der Waals surface area contributed by atoms with Crippen LogP contribution in [0.1, 0.15) is 57.8 Å². The first kappa shape index (κ1) is 21.1. The molecule has 29 heavy (non-hydrogen) atoms. The van der Waals surface area contributed by atoms with Gasteiger partial charge in [0.05, 0.1) is 0 Å². The summed E-state index contributed by atoms with van der Waals surface area (Å²) in [6, 6.07) is 3.06. The van der Waals surface area contributed by atoms with Gasteiger partial charge in [0, 0.05) is 38.3 Å². The third kappa shape index (κ3) is 4.32. The Labute approximate surface area is 178 Å². The fourth-order valence-corrected chi connectivity index (χ4v) is 7.20. The number of pyridine rings is 1. The molecular weight excluding hydrogens is 410 g/mol. The molecule has 0 aromatic carbocycles. The monoisotopic (exact) mass is 439 g/mol. The summed E-state index contributed by atoms with van der Waals surface area (Å²) >= 11 is 5.99. The molecule has 0 unspecified atom stereocenters. The van der Waals surface area contributed by atoms with E-state index in [0.717, 1.165) is 25.9 Å². The number of aromatic nitrogens is 1. The zero-order valence-corrected chi connectivity index (χ0v) is 18.4. The largest absolute Gasteiger partial charge is 0.342 e. The number of halogens is 1. The Morgan fingerprint density at radius 1 is 1.03 bits per heavy atom. The number of sulfonamides is 1. The van der Waals surface area contributed by atoms with E-state index < -0.39 is 10.0 Å². The minimum atomic E-state index is -3.67. The van der Waals surface area contributed by atoms with Gasteiger partial charge in [0.2, 0.25) is 15.9 Å². The van der Waals surface area contributed by atoms with Gasteiger partial charge in [-0.1, -0.05) is 30.9 Å². The molecule has 1 aliphatic carbocycles. The molecule has 1 saturated carbocycles. The van der Waals surface area contributed by atoms with Gasteiger partial charge in [-0.2, -0.15) is 4.31 Å². The maximum Gasteiger partial charge on any atom is 0.246 e. The molecule has 0 N–H and O–H groups in total. The number of rotatable bonds is 3. The third-order valence-electron chi connectivity index (χ3n) is 7.20. The van der Waals surface area contributed by atoms with Crippen molar-refractivity contribution in [2.75, 3.05) is 26.2 Å². The molecule has 3 heterocycles. The highest BCUT2D eigenvalue weighted by Gasteiger charge is 2.39. The Hall–Kier alpha value is -1.18. The van der Waals surface area contributed by atoms with Gasteiger partial charge in [0.15, 0.2) is 0 Å². The molecule has 1 aromatic heterocycles. The van der Waals surface area contributed by atoms with Crippen LogP contribution in [-0.2, 0) is 14.8 Å². The summed E-state index contributed by atoms with van der Waals surface area (Å²) < 4.78 is 27.2. The third-order valence-corrected chi connectivity index (χ3v) is 9.54. The molecule has 0 atom stereocenters. The average Bonchev–Trinajstić information content (AvgIpc) is 2.75. The van der Waals surface area contributed by atoms with Crippen molar-refractivity contribution < 1.29 is 13.2 Å². The van der Waals surface area contributed by atoms with Crippen LogP contribution in [0.5, 0.6) is 0 Å². The molecule has 1 amide bonds. The number of carbonyl (C=O) groups excluding carboxylic acids is 1. The van der Waals surface area contributed by atoms with Gasteiger partial charge in [-0.05, 0) is 56.1 Å². The number of piperidine rings is 2. The van der Waals surface area contributed by atoms with Crippen molar-refractivity contribution in [2.45, 2.75) is 62.7 Å². The Balaban J connectivity index is 1.33. The molecule has 6 nitrogen and oxygen atoms in total. The van der Waals surface area contributed by atoms with E-state index in [1.54, 1.807) is 6.07 Å². The van der Waals surface area contributed by atoms with E-state index in [2.05, 4.69) is 4.98 Å². The lowest BCUT2D eigenvalue weighted by atomic mass is 9.68. The zero-order chi connectivity index (χ0) is 20.5. The summed E-state index contributed by atoms with van der Waals surface area (Å²) in [6.45, 7) is 2.43. The Morgan fingerprint density at radius 3 is 2.31 bits per heavy atom. The number of amides is 1. The molecule has 3 aliphatic rings. The highest BCUT2D eigenvalue weighted by molar-refractivity contribution is 7.89. The quantitative estimate of drug-likeness (QED) is 0.673. The number of hydrogen-bond acceptors (Lipinski definition) is 4. The second-order valence-corrected chi connectivity index (χ2v) is 11.1. The van der Waals surface area contributed by atoms with Crippen molar-refractivity contribution in [3.8, 4) is 0 Å². The van der Waals surface area contributed by atoms with Crippen molar-refractivity contribution >= 4 is 27.5 Å².